The normalized spacial score (nSPS) is 13.3. The number of nitrogens with zero attached hydrogens (tertiary/aromatic N) is 3. The van der Waals surface area contributed by atoms with Gasteiger partial charge in [0.05, 0.1) is 18.9 Å². The lowest BCUT2D eigenvalue weighted by molar-refractivity contribution is -0.142. The Labute approximate surface area is 190 Å². The number of urea groups is 1. The highest BCUT2D eigenvalue weighted by Crippen LogP contribution is 2.31. The zero-order valence-electron chi connectivity index (χ0n) is 18.2. The Morgan fingerprint density at radius 2 is 1.55 bits per heavy atom. The van der Waals surface area contributed by atoms with Crippen LogP contribution in [0.4, 0.5) is 16.2 Å². The number of benzene rings is 2. The van der Waals surface area contributed by atoms with Crippen molar-refractivity contribution in [3.05, 3.63) is 54.6 Å². The fraction of sp³-hybridized carbons (Fsp3) is 0.261. The Morgan fingerprint density at radius 3 is 2.21 bits per heavy atom. The van der Waals surface area contributed by atoms with Gasteiger partial charge >= 0.3 is 23.8 Å². The molecule has 2 aromatic carbocycles. The van der Waals surface area contributed by atoms with Crippen LogP contribution in [0.3, 0.4) is 0 Å². The summed E-state index contributed by atoms with van der Waals surface area (Å²) in [6, 6.07) is 13.6. The summed E-state index contributed by atoms with van der Waals surface area (Å²) in [6.45, 7) is 2.63. The van der Waals surface area contributed by atoms with Gasteiger partial charge in [-0.25, -0.2) is 14.6 Å². The minimum atomic E-state index is -1.15. The van der Waals surface area contributed by atoms with Crippen LogP contribution in [-0.4, -0.2) is 60.9 Å². The second-order valence-corrected chi connectivity index (χ2v) is 6.84. The van der Waals surface area contributed by atoms with Crippen LogP contribution in [0.1, 0.15) is 13.8 Å². The number of esters is 1. The molecule has 1 aliphatic rings. The van der Waals surface area contributed by atoms with Crippen LogP contribution in [0, 0.1) is 0 Å². The fourth-order valence-corrected chi connectivity index (χ4v) is 3.26. The van der Waals surface area contributed by atoms with Crippen molar-refractivity contribution in [1.82, 2.24) is 4.90 Å². The first-order valence-electron chi connectivity index (χ1n) is 10.3. The average molecular weight is 453 g/mol. The molecule has 5 amide bonds. The van der Waals surface area contributed by atoms with Crippen molar-refractivity contribution < 1.29 is 33.4 Å². The van der Waals surface area contributed by atoms with E-state index < -0.39 is 42.8 Å². The summed E-state index contributed by atoms with van der Waals surface area (Å²) in [5.41, 5.74) is 0.476. The van der Waals surface area contributed by atoms with Gasteiger partial charge in [-0.1, -0.05) is 30.3 Å². The Hall–Kier alpha value is -4.21. The third-order valence-corrected chi connectivity index (χ3v) is 4.71. The van der Waals surface area contributed by atoms with E-state index in [0.717, 1.165) is 4.90 Å². The maximum absolute atomic E-state index is 13.1. The number of carbonyl (C=O) groups is 5. The molecule has 10 heteroatoms. The van der Waals surface area contributed by atoms with Gasteiger partial charge in [0.25, 0.3) is 0 Å². The number of hydrogen-bond acceptors (Lipinski definition) is 7. The molecule has 172 valence electrons. The number of anilines is 2. The van der Waals surface area contributed by atoms with Crippen LogP contribution >= 0.6 is 0 Å². The first kappa shape index (κ1) is 23.5. The highest BCUT2D eigenvalue weighted by Gasteiger charge is 2.47. The lowest BCUT2D eigenvalue weighted by Crippen LogP contribution is -2.45. The molecular weight excluding hydrogens is 430 g/mol. The first-order valence-corrected chi connectivity index (χ1v) is 10.3. The number of carbonyl (C=O) groups excluding carboxylic acids is 5. The van der Waals surface area contributed by atoms with Crippen LogP contribution in [0.2, 0.25) is 0 Å². The van der Waals surface area contributed by atoms with Gasteiger partial charge in [-0.15, -0.1) is 0 Å². The smallest absolute Gasteiger partial charge is 0.339 e. The first-order chi connectivity index (χ1) is 15.9. The third-order valence-electron chi connectivity index (χ3n) is 4.71. The highest BCUT2D eigenvalue weighted by molar-refractivity contribution is 6.53. The molecule has 3 rings (SSSR count). The molecule has 0 spiro atoms. The molecule has 1 aliphatic heterocycles. The maximum atomic E-state index is 13.1. The summed E-state index contributed by atoms with van der Waals surface area (Å²) in [4.78, 5) is 65.7. The summed E-state index contributed by atoms with van der Waals surface area (Å²) in [5.74, 6) is -3.39. The van der Waals surface area contributed by atoms with Gasteiger partial charge in [0.15, 0.2) is 0 Å². The molecule has 0 bridgehead atoms. The van der Waals surface area contributed by atoms with Crippen molar-refractivity contribution in [1.29, 1.82) is 0 Å². The number of para-hydroxylation sites is 3. The van der Waals surface area contributed by atoms with Crippen molar-refractivity contribution >= 4 is 41.1 Å². The molecule has 10 nitrogen and oxygen atoms in total. The monoisotopic (exact) mass is 453 g/mol. The Bertz CT molecular complexity index is 1070. The average Bonchev–Trinajstić information content (AvgIpc) is 3.02. The second kappa shape index (κ2) is 10.4. The quantitative estimate of drug-likeness (QED) is 0.324. The molecule has 1 heterocycles. The van der Waals surface area contributed by atoms with E-state index in [1.54, 1.807) is 62.4 Å². The summed E-state index contributed by atoms with van der Waals surface area (Å²) in [7, 11) is 0. The molecule has 0 radical (unpaired) electrons. The van der Waals surface area contributed by atoms with Gasteiger partial charge in [0, 0.05) is 5.69 Å². The van der Waals surface area contributed by atoms with Gasteiger partial charge in [-0.05, 0) is 38.1 Å². The molecule has 0 aliphatic carbocycles. The Balaban J connectivity index is 1.86. The standard InChI is InChI=1S/C23H23N3O7/c1-3-32-18-13-9-8-12-17(18)26-22(30)21(29)25(23(26)31)14-19(27)24(15-20(28)33-4-2)16-10-6-5-7-11-16/h5-13H,3-4,14-15H2,1-2H3. The maximum Gasteiger partial charge on any atom is 0.339 e. The summed E-state index contributed by atoms with van der Waals surface area (Å²) >= 11 is 0. The number of amides is 5. The van der Waals surface area contributed by atoms with Crippen LogP contribution in [0.5, 0.6) is 5.75 Å². The molecule has 0 saturated carbocycles. The van der Waals surface area contributed by atoms with Crippen molar-refractivity contribution in [2.45, 2.75) is 13.8 Å². The van der Waals surface area contributed by atoms with E-state index in [1.807, 2.05) is 0 Å². The lowest BCUT2D eigenvalue weighted by Gasteiger charge is -2.24. The van der Waals surface area contributed by atoms with Crippen molar-refractivity contribution in [2.24, 2.45) is 0 Å². The van der Waals surface area contributed by atoms with E-state index in [0.29, 0.717) is 15.5 Å². The zero-order chi connectivity index (χ0) is 24.0. The van der Waals surface area contributed by atoms with E-state index in [4.69, 9.17) is 9.47 Å². The van der Waals surface area contributed by atoms with Crippen LogP contribution in [0.15, 0.2) is 54.6 Å². The van der Waals surface area contributed by atoms with Gasteiger partial charge in [0.2, 0.25) is 5.91 Å². The molecule has 2 aromatic rings. The Morgan fingerprint density at radius 1 is 0.879 bits per heavy atom. The number of hydrogen-bond donors (Lipinski definition) is 0. The lowest BCUT2D eigenvalue weighted by atomic mass is 10.2. The SMILES string of the molecule is CCOC(=O)CN(C(=O)CN1C(=O)C(=O)N(c2ccccc2OCC)C1=O)c1ccccc1. The highest BCUT2D eigenvalue weighted by atomic mass is 16.5. The van der Waals surface area contributed by atoms with E-state index in [2.05, 4.69) is 0 Å². The zero-order valence-corrected chi connectivity index (χ0v) is 18.2. The van der Waals surface area contributed by atoms with E-state index in [1.165, 1.54) is 6.07 Å². The fourth-order valence-electron chi connectivity index (χ4n) is 3.26. The number of ether oxygens (including phenoxy) is 2. The molecule has 0 N–H and O–H groups in total. The molecule has 1 saturated heterocycles. The predicted molar refractivity (Wildman–Crippen MR) is 118 cm³/mol. The predicted octanol–water partition coefficient (Wildman–Crippen LogP) is 1.98. The van der Waals surface area contributed by atoms with Gasteiger partial charge in [0.1, 0.15) is 18.8 Å². The van der Waals surface area contributed by atoms with E-state index in [9.17, 15) is 24.0 Å². The van der Waals surface area contributed by atoms with Crippen LogP contribution in [0.25, 0.3) is 0 Å². The third kappa shape index (κ3) is 5.00. The van der Waals surface area contributed by atoms with Crippen molar-refractivity contribution in [2.75, 3.05) is 36.1 Å². The van der Waals surface area contributed by atoms with E-state index >= 15 is 0 Å². The molecule has 0 unspecified atom stereocenters. The second-order valence-electron chi connectivity index (χ2n) is 6.84. The van der Waals surface area contributed by atoms with Gasteiger partial charge < -0.3 is 9.47 Å². The van der Waals surface area contributed by atoms with Crippen molar-refractivity contribution in [3.8, 4) is 5.75 Å². The van der Waals surface area contributed by atoms with Crippen molar-refractivity contribution in [3.63, 3.8) is 0 Å². The summed E-state index contributed by atoms with van der Waals surface area (Å²) in [6.07, 6.45) is 0. The largest absolute Gasteiger partial charge is 0.492 e. The summed E-state index contributed by atoms with van der Waals surface area (Å²) < 4.78 is 10.4. The van der Waals surface area contributed by atoms with Gasteiger partial charge in [-0.2, -0.15) is 0 Å². The molecule has 33 heavy (non-hydrogen) atoms. The van der Waals surface area contributed by atoms with Crippen LogP contribution in [-0.2, 0) is 23.9 Å². The minimum absolute atomic E-state index is 0.101. The molecule has 0 aromatic heterocycles. The Kier molecular flexibility index (Phi) is 7.39. The minimum Gasteiger partial charge on any atom is -0.492 e. The van der Waals surface area contributed by atoms with E-state index in [-0.39, 0.29) is 24.7 Å². The number of imide groups is 2. The molecule has 0 atom stereocenters. The number of rotatable bonds is 9. The molecular formula is C23H23N3O7. The summed E-state index contributed by atoms with van der Waals surface area (Å²) in [5, 5.41) is 0. The molecule has 1 fully saturated rings. The van der Waals surface area contributed by atoms with Gasteiger partial charge in [-0.3, -0.25) is 24.1 Å². The van der Waals surface area contributed by atoms with Crippen LogP contribution < -0.4 is 14.5 Å². The topological polar surface area (TPSA) is 114 Å².